The third-order valence-electron chi connectivity index (χ3n) is 2.75. The molecule has 1 aliphatic heterocycles. The van der Waals surface area contributed by atoms with Crippen LogP contribution in [-0.4, -0.2) is 11.5 Å². The molecule has 2 aromatic rings. The average molecular weight is 208 g/mol. The van der Waals surface area contributed by atoms with Crippen molar-refractivity contribution in [3.63, 3.8) is 0 Å². The summed E-state index contributed by atoms with van der Waals surface area (Å²) in [5.74, 6) is 0. The highest BCUT2D eigenvalue weighted by atomic mass is 14.9. The largest absolute Gasteiger partial charge is 0.380 e. The number of para-hydroxylation sites is 1. The molecule has 2 heteroatoms. The van der Waals surface area contributed by atoms with Crippen LogP contribution in [0.25, 0.3) is 11.6 Å². The van der Waals surface area contributed by atoms with Crippen LogP contribution in [0.15, 0.2) is 48.7 Å². The van der Waals surface area contributed by atoms with Gasteiger partial charge in [-0.1, -0.05) is 24.3 Å². The van der Waals surface area contributed by atoms with Crippen LogP contribution in [0.5, 0.6) is 0 Å². The molecule has 0 unspecified atom stereocenters. The number of nitrogens with one attached hydrogen (secondary N) is 1. The first-order chi connectivity index (χ1) is 7.93. The van der Waals surface area contributed by atoms with Gasteiger partial charge in [0.25, 0.3) is 0 Å². The third kappa shape index (κ3) is 1.58. The van der Waals surface area contributed by atoms with E-state index in [-0.39, 0.29) is 0 Å². The molecule has 0 radical (unpaired) electrons. The Morgan fingerprint density at radius 2 is 1.94 bits per heavy atom. The van der Waals surface area contributed by atoms with Gasteiger partial charge in [0, 0.05) is 24.0 Å². The summed E-state index contributed by atoms with van der Waals surface area (Å²) in [6.45, 7) is 0.885. The highest BCUT2D eigenvalue weighted by Crippen LogP contribution is 2.31. The van der Waals surface area contributed by atoms with Crippen molar-refractivity contribution in [2.45, 2.75) is 0 Å². The van der Waals surface area contributed by atoms with E-state index in [0.717, 1.165) is 12.2 Å². The fourth-order valence-corrected chi connectivity index (χ4v) is 1.97. The number of pyridine rings is 1. The van der Waals surface area contributed by atoms with Gasteiger partial charge >= 0.3 is 0 Å². The van der Waals surface area contributed by atoms with Gasteiger partial charge in [0.1, 0.15) is 0 Å². The summed E-state index contributed by atoms with van der Waals surface area (Å²) in [6.07, 6.45) is 3.96. The zero-order valence-corrected chi connectivity index (χ0v) is 8.85. The predicted molar refractivity (Wildman–Crippen MR) is 67.0 cm³/mol. The monoisotopic (exact) mass is 208 g/mol. The molecule has 1 aromatic heterocycles. The van der Waals surface area contributed by atoms with Gasteiger partial charge in [0.05, 0.1) is 5.69 Å². The van der Waals surface area contributed by atoms with Gasteiger partial charge < -0.3 is 5.32 Å². The highest BCUT2D eigenvalue weighted by Gasteiger charge is 2.13. The maximum absolute atomic E-state index is 4.31. The van der Waals surface area contributed by atoms with Crippen LogP contribution >= 0.6 is 0 Å². The fourth-order valence-electron chi connectivity index (χ4n) is 1.97. The van der Waals surface area contributed by atoms with Crippen molar-refractivity contribution in [1.29, 1.82) is 0 Å². The Labute approximate surface area is 94.7 Å². The van der Waals surface area contributed by atoms with E-state index in [2.05, 4.69) is 40.6 Å². The average Bonchev–Trinajstić information content (AvgIpc) is 2.74. The summed E-state index contributed by atoms with van der Waals surface area (Å²) in [5, 5.41) is 3.37. The lowest BCUT2D eigenvalue weighted by atomic mass is 10.1. The van der Waals surface area contributed by atoms with Crippen LogP contribution in [0.4, 0.5) is 5.69 Å². The van der Waals surface area contributed by atoms with Crippen LogP contribution in [0.1, 0.15) is 11.3 Å². The minimum absolute atomic E-state index is 0.885. The molecular formula is C14H12N2. The van der Waals surface area contributed by atoms with E-state index in [9.17, 15) is 0 Å². The number of rotatable bonds is 1. The van der Waals surface area contributed by atoms with Gasteiger partial charge in [0.15, 0.2) is 0 Å². The maximum atomic E-state index is 4.31. The molecule has 0 atom stereocenters. The lowest BCUT2D eigenvalue weighted by Crippen LogP contribution is -1.91. The quantitative estimate of drug-likeness (QED) is 0.779. The minimum atomic E-state index is 0.885. The smallest absolute Gasteiger partial charge is 0.0633 e. The van der Waals surface area contributed by atoms with Crippen molar-refractivity contribution in [2.75, 3.05) is 11.9 Å². The second-order valence-corrected chi connectivity index (χ2v) is 3.82. The van der Waals surface area contributed by atoms with E-state index >= 15 is 0 Å². The van der Waals surface area contributed by atoms with Crippen LogP contribution in [0.2, 0.25) is 0 Å². The summed E-state index contributed by atoms with van der Waals surface area (Å²) in [6, 6.07) is 14.3. The van der Waals surface area contributed by atoms with Crippen molar-refractivity contribution in [1.82, 2.24) is 4.98 Å². The van der Waals surface area contributed by atoms with E-state index in [1.165, 1.54) is 16.8 Å². The van der Waals surface area contributed by atoms with E-state index in [1.807, 2.05) is 24.4 Å². The molecule has 0 aliphatic carbocycles. The van der Waals surface area contributed by atoms with Crippen LogP contribution in [0, 0.1) is 0 Å². The van der Waals surface area contributed by atoms with Crippen molar-refractivity contribution in [3.8, 4) is 0 Å². The molecule has 0 spiro atoms. The van der Waals surface area contributed by atoms with Gasteiger partial charge in [-0.2, -0.15) is 0 Å². The summed E-state index contributed by atoms with van der Waals surface area (Å²) in [4.78, 5) is 4.31. The second kappa shape index (κ2) is 3.81. The zero-order chi connectivity index (χ0) is 10.8. The van der Waals surface area contributed by atoms with Crippen LogP contribution < -0.4 is 5.32 Å². The zero-order valence-electron chi connectivity index (χ0n) is 8.85. The normalized spacial score (nSPS) is 15.9. The Balaban J connectivity index is 2.02. The standard InChI is InChI=1S/C14H12N2/c1-2-7-14-13(6-1)11(10-16-14)9-12-5-3-4-8-15-12/h1-9,16H,10H2. The first-order valence-electron chi connectivity index (χ1n) is 5.38. The Kier molecular flexibility index (Phi) is 2.18. The number of fused-ring (bicyclic) bond motifs is 1. The molecule has 1 aliphatic rings. The molecule has 16 heavy (non-hydrogen) atoms. The molecule has 0 amide bonds. The lowest BCUT2D eigenvalue weighted by Gasteiger charge is -1.98. The summed E-state index contributed by atoms with van der Waals surface area (Å²) in [5.41, 5.74) is 4.81. The highest BCUT2D eigenvalue weighted by molar-refractivity contribution is 5.92. The van der Waals surface area contributed by atoms with Crippen molar-refractivity contribution < 1.29 is 0 Å². The number of aromatic nitrogens is 1. The Morgan fingerprint density at radius 1 is 1.06 bits per heavy atom. The number of anilines is 1. The topological polar surface area (TPSA) is 24.9 Å². The van der Waals surface area contributed by atoms with Gasteiger partial charge in [-0.25, -0.2) is 0 Å². The molecule has 3 rings (SSSR count). The molecule has 2 heterocycles. The number of nitrogens with zero attached hydrogens (tertiary/aromatic N) is 1. The number of hydrogen-bond acceptors (Lipinski definition) is 2. The van der Waals surface area contributed by atoms with Crippen molar-refractivity contribution in [3.05, 3.63) is 59.9 Å². The van der Waals surface area contributed by atoms with Crippen molar-refractivity contribution >= 4 is 17.3 Å². The lowest BCUT2D eigenvalue weighted by molar-refractivity contribution is 1.29. The van der Waals surface area contributed by atoms with Crippen LogP contribution in [-0.2, 0) is 0 Å². The minimum Gasteiger partial charge on any atom is -0.380 e. The summed E-state index contributed by atoms with van der Waals surface area (Å²) in [7, 11) is 0. The molecule has 2 nitrogen and oxygen atoms in total. The SMILES string of the molecule is C(=C1CNc2ccccc21)c1ccccn1. The van der Waals surface area contributed by atoms with Gasteiger partial charge in [-0.15, -0.1) is 0 Å². The maximum Gasteiger partial charge on any atom is 0.0633 e. The van der Waals surface area contributed by atoms with Crippen molar-refractivity contribution in [2.24, 2.45) is 0 Å². The predicted octanol–water partition coefficient (Wildman–Crippen LogP) is 3.05. The van der Waals surface area contributed by atoms with E-state index in [4.69, 9.17) is 0 Å². The summed E-state index contributed by atoms with van der Waals surface area (Å²) >= 11 is 0. The first-order valence-corrected chi connectivity index (χ1v) is 5.38. The number of benzene rings is 1. The molecule has 0 fully saturated rings. The first kappa shape index (κ1) is 9.16. The van der Waals surface area contributed by atoms with E-state index < -0.39 is 0 Å². The molecular weight excluding hydrogens is 196 g/mol. The Bertz CT molecular complexity index is 529. The van der Waals surface area contributed by atoms with Crippen LogP contribution in [0.3, 0.4) is 0 Å². The van der Waals surface area contributed by atoms with Gasteiger partial charge in [0.2, 0.25) is 0 Å². The Morgan fingerprint density at radius 3 is 2.81 bits per heavy atom. The second-order valence-electron chi connectivity index (χ2n) is 3.82. The molecule has 1 aromatic carbocycles. The summed E-state index contributed by atoms with van der Waals surface area (Å²) < 4.78 is 0. The Hall–Kier alpha value is -2.09. The fraction of sp³-hybridized carbons (Fsp3) is 0.0714. The van der Waals surface area contributed by atoms with E-state index in [0.29, 0.717) is 0 Å². The molecule has 1 N–H and O–H groups in total. The molecule has 0 saturated carbocycles. The molecule has 0 bridgehead atoms. The molecule has 78 valence electrons. The van der Waals surface area contributed by atoms with Gasteiger partial charge in [-0.3, -0.25) is 4.98 Å². The van der Waals surface area contributed by atoms with Gasteiger partial charge in [-0.05, 0) is 29.8 Å². The third-order valence-corrected chi connectivity index (χ3v) is 2.75. The number of hydrogen-bond donors (Lipinski definition) is 1. The molecule has 0 saturated heterocycles. The van der Waals surface area contributed by atoms with E-state index in [1.54, 1.807) is 0 Å².